The van der Waals surface area contributed by atoms with Gasteiger partial charge in [0.05, 0.1) is 66.1 Å². The summed E-state index contributed by atoms with van der Waals surface area (Å²) in [5.41, 5.74) is 0. The van der Waals surface area contributed by atoms with Crippen molar-refractivity contribution in [1.29, 1.82) is 0 Å². The zero-order valence-electron chi connectivity index (χ0n) is 12.1. The van der Waals surface area contributed by atoms with Crippen molar-refractivity contribution < 1.29 is 44.1 Å². The molecule has 0 aliphatic heterocycles. The van der Waals surface area contributed by atoms with Crippen LogP contribution in [0.3, 0.4) is 0 Å². The molecule has 128 valence electrons. The topological polar surface area (TPSA) is 127 Å². The van der Waals surface area contributed by atoms with Crippen molar-refractivity contribution in [3.05, 3.63) is 0 Å². The number of ether oxygens (including phenoxy) is 5. The third kappa shape index (κ3) is 13.1. The van der Waals surface area contributed by atoms with Crippen molar-refractivity contribution in [2.24, 2.45) is 0 Å². The monoisotopic (exact) mass is 314 g/mol. The van der Waals surface area contributed by atoms with E-state index in [0.717, 1.165) is 0 Å². The van der Waals surface area contributed by atoms with Crippen LogP contribution in [0.4, 0.5) is 0 Å². The summed E-state index contributed by atoms with van der Waals surface area (Å²) in [6.45, 7) is -0.141. The molecule has 0 saturated heterocycles. The van der Waals surface area contributed by atoms with E-state index >= 15 is 0 Å². The fourth-order valence-electron chi connectivity index (χ4n) is 1.29. The molecule has 0 fully saturated rings. The van der Waals surface area contributed by atoms with Gasteiger partial charge in [0.25, 0.3) is 0 Å². The molecule has 0 saturated carbocycles. The molecule has 0 aromatic carbocycles. The highest BCUT2D eigenvalue weighted by atomic mass is 16.7. The third-order valence-electron chi connectivity index (χ3n) is 2.09. The summed E-state index contributed by atoms with van der Waals surface area (Å²) in [5, 5.41) is 34.8. The van der Waals surface area contributed by atoms with Gasteiger partial charge in [-0.2, -0.15) is 0 Å². The van der Waals surface area contributed by atoms with Crippen molar-refractivity contribution >= 4 is 0 Å². The minimum atomic E-state index is -0.722. The van der Waals surface area contributed by atoms with Crippen LogP contribution in [0.15, 0.2) is 0 Å². The van der Waals surface area contributed by atoms with Crippen LogP contribution in [-0.2, 0) is 23.7 Å². The molecule has 0 radical (unpaired) electrons. The predicted molar refractivity (Wildman–Crippen MR) is 70.5 cm³/mol. The Morgan fingerprint density at radius 2 is 0.810 bits per heavy atom. The van der Waals surface area contributed by atoms with E-state index in [1.54, 1.807) is 0 Å². The normalized spacial score (nSPS) is 11.7. The molecule has 0 heterocycles. The molecular weight excluding hydrogens is 288 g/mol. The molecule has 0 bridgehead atoms. The lowest BCUT2D eigenvalue weighted by Crippen LogP contribution is -2.31. The summed E-state index contributed by atoms with van der Waals surface area (Å²) < 4.78 is 26.0. The first-order valence-electron chi connectivity index (χ1n) is 6.76. The van der Waals surface area contributed by atoms with Gasteiger partial charge in [-0.25, -0.2) is 0 Å². The number of hydrogen-bond donors (Lipinski definition) is 4. The Hall–Kier alpha value is -0.360. The summed E-state index contributed by atoms with van der Waals surface area (Å²) in [4.78, 5) is 0. The maximum Gasteiger partial charge on any atom is 0.181 e. The van der Waals surface area contributed by atoms with E-state index in [2.05, 4.69) is 0 Å². The van der Waals surface area contributed by atoms with E-state index in [0.29, 0.717) is 0 Å². The first-order valence-corrected chi connectivity index (χ1v) is 6.76. The van der Waals surface area contributed by atoms with Gasteiger partial charge in [0.1, 0.15) is 0 Å². The first-order chi connectivity index (χ1) is 10.3. The van der Waals surface area contributed by atoms with Gasteiger partial charge >= 0.3 is 0 Å². The van der Waals surface area contributed by atoms with Crippen LogP contribution in [-0.4, -0.2) is 99.1 Å². The quantitative estimate of drug-likeness (QED) is 0.232. The molecule has 9 nitrogen and oxygen atoms in total. The van der Waals surface area contributed by atoms with E-state index in [9.17, 15) is 0 Å². The Balaban J connectivity index is 3.96. The standard InChI is InChI=1S/C12H26O9/c13-1-5-18-11(19-6-2-14)9-17-10-12(20-7-3-15)21-8-4-16/h11-16H,1-10H2. The number of aliphatic hydroxyl groups is 4. The van der Waals surface area contributed by atoms with E-state index in [1.807, 2.05) is 0 Å². The Kier molecular flexibility index (Phi) is 15.7. The number of rotatable bonds is 16. The zero-order chi connectivity index (χ0) is 15.8. The van der Waals surface area contributed by atoms with Crippen molar-refractivity contribution in [3.8, 4) is 0 Å². The Bertz CT molecular complexity index is 169. The fraction of sp³-hybridized carbons (Fsp3) is 1.00. The second-order valence-electron chi connectivity index (χ2n) is 3.77. The molecular formula is C12H26O9. The Morgan fingerprint density at radius 3 is 1.05 bits per heavy atom. The van der Waals surface area contributed by atoms with Crippen LogP contribution in [0.5, 0.6) is 0 Å². The Morgan fingerprint density at radius 1 is 0.524 bits per heavy atom. The van der Waals surface area contributed by atoms with Crippen LogP contribution in [0.25, 0.3) is 0 Å². The Labute approximate surface area is 123 Å². The lowest BCUT2D eigenvalue weighted by molar-refractivity contribution is -0.212. The van der Waals surface area contributed by atoms with Crippen molar-refractivity contribution in [2.45, 2.75) is 12.6 Å². The molecule has 0 rings (SSSR count). The molecule has 0 aromatic heterocycles. The first kappa shape index (κ1) is 20.6. The highest BCUT2D eigenvalue weighted by molar-refractivity contribution is 4.47. The van der Waals surface area contributed by atoms with Gasteiger partial charge < -0.3 is 44.1 Å². The van der Waals surface area contributed by atoms with Gasteiger partial charge in [-0.1, -0.05) is 0 Å². The summed E-state index contributed by atoms with van der Waals surface area (Å²) in [6, 6.07) is 0. The lowest BCUT2D eigenvalue weighted by atomic mass is 10.6. The van der Waals surface area contributed by atoms with Gasteiger partial charge in [-0.3, -0.25) is 0 Å². The van der Waals surface area contributed by atoms with Crippen LogP contribution in [0.2, 0.25) is 0 Å². The van der Waals surface area contributed by atoms with E-state index in [-0.39, 0.29) is 66.1 Å². The molecule has 0 spiro atoms. The van der Waals surface area contributed by atoms with Crippen LogP contribution in [0, 0.1) is 0 Å². The SMILES string of the molecule is OCCOC(COCC(OCCO)OCCO)OCCO. The average molecular weight is 314 g/mol. The molecule has 0 aliphatic rings. The summed E-state index contributed by atoms with van der Waals surface area (Å²) >= 11 is 0. The minimum Gasteiger partial charge on any atom is -0.394 e. The molecule has 9 heteroatoms. The molecule has 0 unspecified atom stereocenters. The zero-order valence-corrected chi connectivity index (χ0v) is 12.1. The van der Waals surface area contributed by atoms with Gasteiger partial charge in [-0.15, -0.1) is 0 Å². The summed E-state index contributed by atoms with van der Waals surface area (Å²) in [7, 11) is 0. The summed E-state index contributed by atoms with van der Waals surface area (Å²) in [6.07, 6.45) is -1.44. The molecule has 0 amide bonds. The van der Waals surface area contributed by atoms with Crippen LogP contribution in [0.1, 0.15) is 0 Å². The molecule has 21 heavy (non-hydrogen) atoms. The van der Waals surface area contributed by atoms with Crippen molar-refractivity contribution in [1.82, 2.24) is 0 Å². The van der Waals surface area contributed by atoms with Crippen molar-refractivity contribution in [2.75, 3.05) is 66.1 Å². The second-order valence-corrected chi connectivity index (χ2v) is 3.77. The molecule has 0 atom stereocenters. The number of hydrogen-bond acceptors (Lipinski definition) is 9. The van der Waals surface area contributed by atoms with Gasteiger partial charge in [0.15, 0.2) is 12.6 Å². The second kappa shape index (κ2) is 16.0. The lowest BCUT2D eigenvalue weighted by Gasteiger charge is -2.21. The maximum absolute atomic E-state index is 8.69. The third-order valence-corrected chi connectivity index (χ3v) is 2.09. The van der Waals surface area contributed by atoms with E-state index in [1.165, 1.54) is 0 Å². The highest BCUT2D eigenvalue weighted by Gasteiger charge is 2.13. The minimum absolute atomic E-state index is 0.0570. The average Bonchev–Trinajstić information content (AvgIpc) is 2.51. The summed E-state index contributed by atoms with van der Waals surface area (Å²) in [5.74, 6) is 0. The molecule has 4 N–H and O–H groups in total. The van der Waals surface area contributed by atoms with Gasteiger partial charge in [0.2, 0.25) is 0 Å². The largest absolute Gasteiger partial charge is 0.394 e. The molecule has 0 aliphatic carbocycles. The van der Waals surface area contributed by atoms with Crippen LogP contribution < -0.4 is 0 Å². The maximum atomic E-state index is 8.69. The van der Waals surface area contributed by atoms with E-state index < -0.39 is 12.6 Å². The molecule has 0 aromatic rings. The number of aliphatic hydroxyl groups excluding tert-OH is 4. The predicted octanol–water partition coefficient (Wildman–Crippen LogP) is -2.31. The fourth-order valence-corrected chi connectivity index (χ4v) is 1.29. The van der Waals surface area contributed by atoms with Gasteiger partial charge in [0, 0.05) is 0 Å². The van der Waals surface area contributed by atoms with Crippen LogP contribution >= 0.6 is 0 Å². The van der Waals surface area contributed by atoms with Gasteiger partial charge in [-0.05, 0) is 0 Å². The van der Waals surface area contributed by atoms with Crippen molar-refractivity contribution in [3.63, 3.8) is 0 Å². The smallest absolute Gasteiger partial charge is 0.181 e. The highest BCUT2D eigenvalue weighted by Crippen LogP contribution is 2.01. The van der Waals surface area contributed by atoms with E-state index in [4.69, 9.17) is 44.1 Å².